The fraction of sp³-hybridized carbons (Fsp3) is 0.417. The summed E-state index contributed by atoms with van der Waals surface area (Å²) in [6.45, 7) is 0. The second-order valence-corrected chi connectivity index (χ2v) is 7.95. The van der Waals surface area contributed by atoms with Gasteiger partial charge in [0, 0.05) is 5.02 Å². The highest BCUT2D eigenvalue weighted by molar-refractivity contribution is 6.60. The van der Waals surface area contributed by atoms with Crippen molar-refractivity contribution in [1.29, 1.82) is 0 Å². The third kappa shape index (κ3) is 2.15. The van der Waals surface area contributed by atoms with Crippen molar-refractivity contribution in [3.63, 3.8) is 0 Å². The number of rotatable bonds is 1. The van der Waals surface area contributed by atoms with Gasteiger partial charge >= 0.3 is 0 Å². The van der Waals surface area contributed by atoms with Gasteiger partial charge in [0.25, 0.3) is 0 Å². The van der Waals surface area contributed by atoms with Gasteiger partial charge in [0.15, 0.2) is 13.6 Å². The molecule has 0 radical (unpaired) electrons. The maximum Gasteiger partial charge on any atom is 0.178 e. The molecule has 1 aliphatic carbocycles. The number of hydrogen-bond acceptors (Lipinski definition) is 3. The molecule has 2 unspecified atom stereocenters. The van der Waals surface area contributed by atoms with Crippen molar-refractivity contribution in [1.82, 2.24) is 0 Å². The zero-order chi connectivity index (χ0) is 16.3. The van der Waals surface area contributed by atoms with Crippen molar-refractivity contribution >= 4 is 56.6 Å². The molecule has 0 heterocycles. The number of halogens is 1. The number of carbonyl (C=O) groups is 1. The smallest absolute Gasteiger partial charge is 0.178 e. The van der Waals surface area contributed by atoms with Gasteiger partial charge in [0.1, 0.15) is 21.2 Å². The number of ketones is 1. The minimum absolute atomic E-state index is 0.335. The lowest BCUT2D eigenvalue weighted by atomic mass is 9.19. The van der Waals surface area contributed by atoms with Gasteiger partial charge < -0.3 is 10.8 Å². The van der Waals surface area contributed by atoms with Crippen LogP contribution in [-0.4, -0.2) is 55.6 Å². The van der Waals surface area contributed by atoms with Gasteiger partial charge in [-0.3, -0.25) is 4.79 Å². The predicted octanol–water partition coefficient (Wildman–Crippen LogP) is -3.45. The molecule has 3 N–H and O–H groups in total. The summed E-state index contributed by atoms with van der Waals surface area (Å²) in [5.74, 6) is -0.368. The molecule has 0 saturated heterocycles. The van der Waals surface area contributed by atoms with Crippen molar-refractivity contribution in [3.8, 4) is 0 Å². The van der Waals surface area contributed by atoms with Crippen LogP contribution < -0.4 is 5.73 Å². The normalized spacial score (nSPS) is 34.5. The first-order chi connectivity index (χ1) is 9.38. The quantitative estimate of drug-likeness (QED) is 0.530. The van der Waals surface area contributed by atoms with E-state index in [2.05, 4.69) is 0 Å². The Morgan fingerprint density at radius 3 is 2.19 bits per heavy atom. The number of Topliss-reactive ketones (excluding diaryl/α,β-unsaturated/α-hetero) is 1. The maximum absolute atomic E-state index is 13.0. The first-order valence-corrected chi connectivity index (χ1v) is 7.57. The Bertz CT molecular complexity index is 607. The van der Waals surface area contributed by atoms with E-state index in [0.717, 1.165) is 0 Å². The molecule has 21 heavy (non-hydrogen) atoms. The van der Waals surface area contributed by atoms with Crippen LogP contribution in [0.4, 0.5) is 0 Å². The van der Waals surface area contributed by atoms with Gasteiger partial charge in [-0.05, 0) is 18.1 Å². The molecule has 1 aliphatic rings. The van der Waals surface area contributed by atoms with Gasteiger partial charge in [0.2, 0.25) is 0 Å². The molecule has 1 fully saturated rings. The summed E-state index contributed by atoms with van der Waals surface area (Å²) >= 11 is 6.26. The Labute approximate surface area is 135 Å². The molecule has 1 aromatic carbocycles. The average molecular weight is 299 g/mol. The van der Waals surface area contributed by atoms with E-state index < -0.39 is 16.3 Å². The van der Waals surface area contributed by atoms with Crippen molar-refractivity contribution in [2.75, 3.05) is 0 Å². The highest BCUT2D eigenvalue weighted by Crippen LogP contribution is 2.60. The van der Waals surface area contributed by atoms with Gasteiger partial charge in [-0.25, -0.2) is 0 Å². The number of nitrogens with two attached hydrogens (primary N) is 1. The molecule has 0 amide bonds. The summed E-state index contributed by atoms with van der Waals surface area (Å²) in [5.41, 5.74) is 4.28. The van der Waals surface area contributed by atoms with Crippen molar-refractivity contribution < 1.29 is 9.90 Å². The van der Waals surface area contributed by atoms with Crippen LogP contribution in [0.3, 0.4) is 0 Å². The van der Waals surface area contributed by atoms with E-state index in [1.807, 2.05) is 37.5 Å². The number of aliphatic hydroxyl groups is 1. The molecule has 0 aliphatic heterocycles. The van der Waals surface area contributed by atoms with Crippen LogP contribution in [0.15, 0.2) is 24.3 Å². The molecule has 106 valence electrons. The summed E-state index contributed by atoms with van der Waals surface area (Å²) in [6, 6.07) is 7.10. The van der Waals surface area contributed by atoms with Gasteiger partial charge in [-0.15, -0.1) is 0 Å². The Morgan fingerprint density at radius 2 is 1.67 bits per heavy atom. The van der Waals surface area contributed by atoms with Crippen LogP contribution in [0.2, 0.25) is 15.5 Å². The molecule has 1 saturated carbocycles. The lowest BCUT2D eigenvalue weighted by Crippen LogP contribution is -2.70. The van der Waals surface area contributed by atoms with Crippen molar-refractivity contribution in [2.45, 2.75) is 27.9 Å². The Morgan fingerprint density at radius 1 is 1.14 bits per heavy atom. The molecular weight excluding hydrogens is 280 g/mol. The Kier molecular flexibility index (Phi) is 3.76. The number of hydrogen-bond donors (Lipinski definition) is 2. The van der Waals surface area contributed by atoms with Crippen LogP contribution in [0.25, 0.3) is 0 Å². The Balaban J connectivity index is 2.67. The van der Waals surface area contributed by atoms with E-state index in [1.165, 1.54) is 0 Å². The van der Waals surface area contributed by atoms with Crippen LogP contribution in [-0.2, 0) is 10.3 Å². The Hall–Kier alpha value is -0.575. The van der Waals surface area contributed by atoms with Crippen LogP contribution in [0.1, 0.15) is 12.0 Å². The van der Waals surface area contributed by atoms with Crippen LogP contribution >= 0.6 is 11.6 Å². The average Bonchev–Trinajstić information content (AvgIpc) is 2.35. The first kappa shape index (κ1) is 16.8. The lowest BCUT2D eigenvalue weighted by Gasteiger charge is -2.60. The zero-order valence-corrected chi connectivity index (χ0v) is 14.1. The second kappa shape index (κ2) is 4.71. The molecule has 9 heteroatoms. The summed E-state index contributed by atoms with van der Waals surface area (Å²) in [5, 5.41) is 10.4. The summed E-state index contributed by atoms with van der Waals surface area (Å²) in [6.07, 6.45) is 0.436. The molecular formula is C12H19B5ClNO2. The predicted molar refractivity (Wildman–Crippen MR) is 100.0 cm³/mol. The lowest BCUT2D eigenvalue weighted by molar-refractivity contribution is -0.141. The van der Waals surface area contributed by atoms with Crippen molar-refractivity contribution in [3.05, 3.63) is 34.9 Å². The third-order valence-corrected chi connectivity index (χ3v) is 6.16. The van der Waals surface area contributed by atoms with E-state index in [9.17, 15) is 9.90 Å². The summed E-state index contributed by atoms with van der Waals surface area (Å²) in [7, 11) is 9.46. The highest BCUT2D eigenvalue weighted by Gasteiger charge is 2.63. The highest BCUT2D eigenvalue weighted by atomic mass is 35.5. The minimum Gasteiger partial charge on any atom is -0.392 e. The maximum atomic E-state index is 13.0. The molecule has 0 spiro atoms. The largest absolute Gasteiger partial charge is 0.392 e. The number of benzene rings is 1. The van der Waals surface area contributed by atoms with E-state index in [1.54, 1.807) is 26.0 Å². The molecule has 3 nitrogen and oxygen atoms in total. The standard InChI is InChI=1S/C12H19B5ClNO2/c13-10(14)5-9(19,6-3-1-2-4-7(6)18)8(20)11(15,21)12(10,16)17/h1-4,21H,5,13-17,19H2. The van der Waals surface area contributed by atoms with E-state index >= 15 is 0 Å². The van der Waals surface area contributed by atoms with Crippen LogP contribution in [0, 0.1) is 0 Å². The van der Waals surface area contributed by atoms with E-state index in [0.29, 0.717) is 17.0 Å². The summed E-state index contributed by atoms with van der Waals surface area (Å²) in [4.78, 5) is 13.0. The SMILES string of the molecule is BC1(B)CC(N)(c2ccccc2Cl)C(=O)C(B)(O)C1(B)B. The third-order valence-electron chi connectivity index (χ3n) is 5.83. The van der Waals surface area contributed by atoms with Gasteiger partial charge in [-0.1, -0.05) is 40.2 Å². The number of carbonyl (C=O) groups excluding carboxylic acids is 1. The fourth-order valence-electron chi connectivity index (χ4n) is 3.42. The minimum atomic E-state index is -1.53. The first-order valence-electron chi connectivity index (χ1n) is 7.19. The molecule has 2 rings (SSSR count). The topological polar surface area (TPSA) is 63.3 Å². The monoisotopic (exact) mass is 299 g/mol. The summed E-state index contributed by atoms with van der Waals surface area (Å²) < 4.78 is 0. The zero-order valence-electron chi connectivity index (χ0n) is 13.3. The van der Waals surface area contributed by atoms with Crippen LogP contribution in [0.5, 0.6) is 0 Å². The molecule has 1 aromatic rings. The van der Waals surface area contributed by atoms with Crippen molar-refractivity contribution in [2.24, 2.45) is 5.73 Å². The van der Waals surface area contributed by atoms with E-state index in [-0.39, 0.29) is 11.0 Å². The van der Waals surface area contributed by atoms with Gasteiger partial charge in [-0.2, -0.15) is 0 Å². The molecule has 0 aromatic heterocycles. The molecule has 2 atom stereocenters. The second-order valence-electron chi connectivity index (χ2n) is 7.54. The van der Waals surface area contributed by atoms with Gasteiger partial charge in [0.05, 0.1) is 21.2 Å². The molecule has 0 bridgehead atoms. The van der Waals surface area contributed by atoms with E-state index in [4.69, 9.17) is 17.3 Å². The fourth-order valence-corrected chi connectivity index (χ4v) is 3.72.